The van der Waals surface area contributed by atoms with Crippen LogP contribution in [-0.2, 0) is 0 Å². The summed E-state index contributed by atoms with van der Waals surface area (Å²) in [5, 5.41) is 15.0. The normalized spacial score (nSPS) is 11.0. The van der Waals surface area contributed by atoms with Crippen LogP contribution in [0, 0.1) is 0 Å². The van der Waals surface area contributed by atoms with Crippen molar-refractivity contribution in [3.63, 3.8) is 0 Å². The van der Waals surface area contributed by atoms with Gasteiger partial charge in [0.05, 0.1) is 5.69 Å². The number of hydrogen-bond acceptors (Lipinski definition) is 3. The van der Waals surface area contributed by atoms with Crippen molar-refractivity contribution in [2.45, 2.75) is 0 Å². The highest BCUT2D eigenvalue weighted by molar-refractivity contribution is 6.30. The van der Waals surface area contributed by atoms with Gasteiger partial charge in [-0.1, -0.05) is 54.1 Å². The number of carbonyl (C=O) groups is 1. The number of allylic oxidation sites excluding steroid dienone is 1. The quantitative estimate of drug-likeness (QED) is 0.403. The molecule has 0 bridgehead atoms. The molecule has 0 radical (unpaired) electrons. The first kappa shape index (κ1) is 15.1. The first-order valence-corrected chi connectivity index (χ1v) is 7.46. The Morgan fingerprint density at radius 1 is 1.04 bits per heavy atom. The predicted molar refractivity (Wildman–Crippen MR) is 94.2 cm³/mol. The van der Waals surface area contributed by atoms with Crippen LogP contribution in [0.2, 0.25) is 5.02 Å². The molecule has 3 nitrogen and oxygen atoms in total. The molecule has 3 rings (SSSR count). The van der Waals surface area contributed by atoms with Crippen LogP contribution in [0.1, 0.15) is 10.4 Å². The molecule has 0 spiro atoms. The molecular formula is C19H14ClNO2. The summed E-state index contributed by atoms with van der Waals surface area (Å²) in [5.41, 5.74) is 1.08. The number of phenolic OH excluding ortho intramolecular Hbond substituents is 1. The molecule has 3 aromatic rings. The first-order chi connectivity index (χ1) is 11.1. The number of ketones is 1. The Morgan fingerprint density at radius 3 is 2.70 bits per heavy atom. The van der Waals surface area contributed by atoms with Gasteiger partial charge in [-0.05, 0) is 29.0 Å². The van der Waals surface area contributed by atoms with Crippen LogP contribution < -0.4 is 5.32 Å². The molecule has 3 aromatic carbocycles. The van der Waals surface area contributed by atoms with Crippen LogP contribution in [0.5, 0.6) is 5.75 Å². The Morgan fingerprint density at radius 2 is 1.83 bits per heavy atom. The molecule has 2 N–H and O–H groups in total. The van der Waals surface area contributed by atoms with Gasteiger partial charge in [-0.15, -0.1) is 0 Å². The van der Waals surface area contributed by atoms with Crippen LogP contribution in [0.4, 0.5) is 5.69 Å². The monoisotopic (exact) mass is 323 g/mol. The van der Waals surface area contributed by atoms with Crippen molar-refractivity contribution in [1.82, 2.24) is 0 Å². The van der Waals surface area contributed by atoms with Crippen molar-refractivity contribution < 1.29 is 9.90 Å². The number of aromatic hydroxyl groups is 1. The zero-order valence-corrected chi connectivity index (χ0v) is 12.9. The van der Waals surface area contributed by atoms with Crippen molar-refractivity contribution in [2.24, 2.45) is 0 Å². The smallest absolute Gasteiger partial charge is 0.187 e. The number of nitrogens with one attached hydrogen (secondary N) is 1. The zero-order chi connectivity index (χ0) is 16.2. The van der Waals surface area contributed by atoms with E-state index in [1.54, 1.807) is 18.2 Å². The highest BCUT2D eigenvalue weighted by Gasteiger charge is 2.06. The van der Waals surface area contributed by atoms with Crippen molar-refractivity contribution in [1.29, 1.82) is 0 Å². The average molecular weight is 324 g/mol. The minimum absolute atomic E-state index is 0.0664. The van der Waals surface area contributed by atoms with Crippen LogP contribution in [0.3, 0.4) is 0 Å². The summed E-state index contributed by atoms with van der Waals surface area (Å²) in [6, 6.07) is 18.0. The Bertz CT molecular complexity index is 898. The molecule has 0 saturated heterocycles. The molecule has 0 unspecified atom stereocenters. The van der Waals surface area contributed by atoms with Gasteiger partial charge in [0.2, 0.25) is 0 Å². The molecule has 23 heavy (non-hydrogen) atoms. The first-order valence-electron chi connectivity index (χ1n) is 7.09. The lowest BCUT2D eigenvalue weighted by Gasteiger charge is -2.05. The molecule has 0 heterocycles. The molecule has 0 atom stereocenters. The minimum atomic E-state index is -0.115. The van der Waals surface area contributed by atoms with E-state index in [0.29, 0.717) is 16.3 Å². The molecule has 0 aliphatic rings. The number of fused-ring (bicyclic) bond motifs is 1. The summed E-state index contributed by atoms with van der Waals surface area (Å²) >= 11 is 5.88. The second-order valence-electron chi connectivity index (χ2n) is 5.03. The minimum Gasteiger partial charge on any atom is -0.506 e. The van der Waals surface area contributed by atoms with Gasteiger partial charge in [-0.2, -0.15) is 0 Å². The van der Waals surface area contributed by atoms with E-state index in [-0.39, 0.29) is 11.5 Å². The second-order valence-corrected chi connectivity index (χ2v) is 5.47. The van der Waals surface area contributed by atoms with Crippen LogP contribution in [0.15, 0.2) is 72.9 Å². The van der Waals surface area contributed by atoms with Crippen molar-refractivity contribution in [3.05, 3.63) is 83.5 Å². The van der Waals surface area contributed by atoms with Crippen molar-refractivity contribution >= 4 is 33.8 Å². The third-order valence-corrected chi connectivity index (χ3v) is 3.72. The van der Waals surface area contributed by atoms with Crippen LogP contribution in [0.25, 0.3) is 10.8 Å². The lowest BCUT2D eigenvalue weighted by molar-refractivity contribution is 0.104. The number of phenols is 1. The molecule has 0 aromatic heterocycles. The van der Waals surface area contributed by atoms with Gasteiger partial charge in [0.1, 0.15) is 5.75 Å². The van der Waals surface area contributed by atoms with Gasteiger partial charge in [-0.3, -0.25) is 4.79 Å². The van der Waals surface area contributed by atoms with E-state index in [1.807, 2.05) is 36.4 Å². The van der Waals surface area contributed by atoms with Crippen LogP contribution in [-0.4, -0.2) is 10.9 Å². The molecule has 114 valence electrons. The lowest BCUT2D eigenvalue weighted by Crippen LogP contribution is -1.97. The maximum atomic E-state index is 12.4. The maximum Gasteiger partial charge on any atom is 0.187 e. The van der Waals surface area contributed by atoms with Gasteiger partial charge in [0.25, 0.3) is 0 Å². The van der Waals surface area contributed by atoms with Gasteiger partial charge in [0.15, 0.2) is 5.78 Å². The number of halogens is 1. The molecule has 0 saturated carbocycles. The Balaban J connectivity index is 1.82. The molecule has 0 aliphatic carbocycles. The third kappa shape index (κ3) is 3.35. The van der Waals surface area contributed by atoms with E-state index in [9.17, 15) is 9.90 Å². The number of carbonyl (C=O) groups excluding carboxylic acids is 1. The van der Waals surface area contributed by atoms with E-state index in [1.165, 1.54) is 18.3 Å². The summed E-state index contributed by atoms with van der Waals surface area (Å²) in [6.45, 7) is 0. The Hall–Kier alpha value is -2.78. The summed E-state index contributed by atoms with van der Waals surface area (Å²) in [5.74, 6) is -0.0486. The Kier molecular flexibility index (Phi) is 4.31. The standard InChI is InChI=1S/C19H14ClNO2/c20-14-8-9-19(23)17(12-14)21-11-10-18(22)16-7-3-5-13-4-1-2-6-15(13)16/h1-12,21,23H/b11-10+. The molecule has 0 aliphatic heterocycles. The van der Waals surface area contributed by atoms with E-state index < -0.39 is 0 Å². The third-order valence-electron chi connectivity index (χ3n) is 3.49. The summed E-state index contributed by atoms with van der Waals surface area (Å²) in [7, 11) is 0. The molecule has 0 amide bonds. The lowest BCUT2D eigenvalue weighted by atomic mass is 10.0. The maximum absolute atomic E-state index is 12.4. The number of rotatable bonds is 4. The topological polar surface area (TPSA) is 49.3 Å². The van der Waals surface area contributed by atoms with Gasteiger partial charge in [0, 0.05) is 22.9 Å². The van der Waals surface area contributed by atoms with E-state index in [2.05, 4.69) is 5.32 Å². The summed E-state index contributed by atoms with van der Waals surface area (Å²) in [4.78, 5) is 12.4. The van der Waals surface area contributed by atoms with Crippen LogP contribution >= 0.6 is 11.6 Å². The van der Waals surface area contributed by atoms with E-state index in [0.717, 1.165) is 10.8 Å². The highest BCUT2D eigenvalue weighted by atomic mass is 35.5. The molecule has 0 fully saturated rings. The fraction of sp³-hybridized carbons (Fsp3) is 0. The predicted octanol–water partition coefficient (Wildman–Crippen LogP) is 5.01. The average Bonchev–Trinajstić information content (AvgIpc) is 2.57. The number of anilines is 1. The zero-order valence-electron chi connectivity index (χ0n) is 12.2. The van der Waals surface area contributed by atoms with Crippen molar-refractivity contribution in [2.75, 3.05) is 5.32 Å². The van der Waals surface area contributed by atoms with Gasteiger partial charge in [-0.25, -0.2) is 0 Å². The number of benzene rings is 3. The summed E-state index contributed by atoms with van der Waals surface area (Å²) in [6.07, 6.45) is 2.93. The fourth-order valence-corrected chi connectivity index (χ4v) is 2.53. The van der Waals surface area contributed by atoms with E-state index >= 15 is 0 Å². The Labute approximate surface area is 138 Å². The highest BCUT2D eigenvalue weighted by Crippen LogP contribution is 2.26. The van der Waals surface area contributed by atoms with Gasteiger partial charge < -0.3 is 10.4 Å². The van der Waals surface area contributed by atoms with Crippen molar-refractivity contribution in [3.8, 4) is 5.75 Å². The van der Waals surface area contributed by atoms with E-state index in [4.69, 9.17) is 11.6 Å². The second kappa shape index (κ2) is 6.55. The van der Waals surface area contributed by atoms with Gasteiger partial charge >= 0.3 is 0 Å². The SMILES string of the molecule is O=C(/C=C/Nc1cc(Cl)ccc1O)c1cccc2ccccc12. The fourth-order valence-electron chi connectivity index (χ4n) is 2.36. The number of hydrogen-bond donors (Lipinski definition) is 2. The molecule has 4 heteroatoms. The largest absolute Gasteiger partial charge is 0.506 e. The molecular weight excluding hydrogens is 310 g/mol. The summed E-state index contributed by atoms with van der Waals surface area (Å²) < 4.78 is 0.